The van der Waals surface area contributed by atoms with Gasteiger partial charge in [0.15, 0.2) is 5.78 Å². The molecule has 0 bridgehead atoms. The fourth-order valence-electron chi connectivity index (χ4n) is 3.31. The molecule has 1 heterocycles. The molecule has 0 spiro atoms. The van der Waals surface area contributed by atoms with Crippen molar-refractivity contribution < 1.29 is 4.79 Å². The number of rotatable bonds is 6. The van der Waals surface area contributed by atoms with Gasteiger partial charge < -0.3 is 0 Å². The highest BCUT2D eigenvalue weighted by atomic mass is 16.1. The molecule has 100 valence electrons. The Balaban J connectivity index is 2.04. The third kappa shape index (κ3) is 2.73. The number of hydrogen-bond acceptors (Lipinski definition) is 2. The van der Waals surface area contributed by atoms with Crippen LogP contribution in [0, 0.1) is 5.92 Å². The molecule has 1 aliphatic carbocycles. The van der Waals surface area contributed by atoms with Crippen LogP contribution in [0.1, 0.15) is 64.7 Å². The normalized spacial score (nSPS) is 27.8. The fraction of sp³-hybridized carbons (Fsp3) is 0.750. The summed E-state index contributed by atoms with van der Waals surface area (Å²) in [6, 6.07) is 0. The maximum absolute atomic E-state index is 12.6. The van der Waals surface area contributed by atoms with Gasteiger partial charge >= 0.3 is 0 Å². The standard InChI is InChI=1S/C16H25NO/c1-2-3-5-11-15(18)16(12-8-13-17-16)14-9-6-4-7-10-14/h8,12-14H,2-7,9-11H2,1H3. The molecule has 1 fully saturated rings. The first-order valence-electron chi connectivity index (χ1n) is 7.56. The molecule has 2 nitrogen and oxygen atoms in total. The quantitative estimate of drug-likeness (QED) is 0.650. The number of ketones is 1. The first-order valence-corrected chi connectivity index (χ1v) is 7.56. The Bertz CT molecular complexity index is 325. The molecule has 0 amide bonds. The first-order chi connectivity index (χ1) is 8.79. The van der Waals surface area contributed by atoms with Gasteiger partial charge in [0.05, 0.1) is 0 Å². The molecule has 2 heteroatoms. The predicted molar refractivity (Wildman–Crippen MR) is 76.1 cm³/mol. The number of aliphatic imine (C=N–C) groups is 1. The largest absolute Gasteiger partial charge is 0.297 e. The molecule has 1 unspecified atom stereocenters. The van der Waals surface area contributed by atoms with Crippen molar-refractivity contribution in [1.29, 1.82) is 0 Å². The number of allylic oxidation sites excluding steroid dienone is 1. The molecule has 0 aromatic rings. The topological polar surface area (TPSA) is 29.4 Å². The van der Waals surface area contributed by atoms with Crippen LogP contribution < -0.4 is 0 Å². The van der Waals surface area contributed by atoms with E-state index in [0.717, 1.165) is 12.8 Å². The van der Waals surface area contributed by atoms with Gasteiger partial charge in [-0.2, -0.15) is 0 Å². The van der Waals surface area contributed by atoms with Crippen LogP contribution in [-0.2, 0) is 4.79 Å². The molecule has 1 saturated carbocycles. The fourth-order valence-corrected chi connectivity index (χ4v) is 3.31. The first kappa shape index (κ1) is 13.5. The van der Waals surface area contributed by atoms with Crippen LogP contribution in [0.25, 0.3) is 0 Å². The van der Waals surface area contributed by atoms with E-state index in [1.165, 1.54) is 38.5 Å². The second-order valence-electron chi connectivity index (χ2n) is 5.68. The molecule has 0 saturated heterocycles. The lowest BCUT2D eigenvalue weighted by Gasteiger charge is -2.35. The van der Waals surface area contributed by atoms with E-state index < -0.39 is 5.54 Å². The van der Waals surface area contributed by atoms with Gasteiger partial charge in [-0.3, -0.25) is 9.79 Å². The lowest BCUT2D eigenvalue weighted by atomic mass is 9.72. The van der Waals surface area contributed by atoms with Crippen LogP contribution in [0.15, 0.2) is 17.1 Å². The zero-order valence-corrected chi connectivity index (χ0v) is 11.5. The summed E-state index contributed by atoms with van der Waals surface area (Å²) >= 11 is 0. The highest BCUT2D eigenvalue weighted by Crippen LogP contribution is 2.39. The molecule has 0 aromatic carbocycles. The summed E-state index contributed by atoms with van der Waals surface area (Å²) in [4.78, 5) is 17.2. The van der Waals surface area contributed by atoms with Gasteiger partial charge in [-0.25, -0.2) is 0 Å². The zero-order valence-electron chi connectivity index (χ0n) is 11.5. The van der Waals surface area contributed by atoms with E-state index in [4.69, 9.17) is 0 Å². The van der Waals surface area contributed by atoms with Gasteiger partial charge in [0, 0.05) is 12.6 Å². The number of carbonyl (C=O) groups is 1. The molecule has 2 rings (SSSR count). The van der Waals surface area contributed by atoms with Crippen LogP contribution in [0.3, 0.4) is 0 Å². The number of carbonyl (C=O) groups excluding carboxylic acids is 1. The maximum Gasteiger partial charge on any atom is 0.164 e. The van der Waals surface area contributed by atoms with Crippen molar-refractivity contribution in [1.82, 2.24) is 0 Å². The van der Waals surface area contributed by atoms with Crippen LogP contribution in [-0.4, -0.2) is 17.5 Å². The average molecular weight is 247 g/mol. The summed E-state index contributed by atoms with van der Waals surface area (Å²) in [6.45, 7) is 2.18. The van der Waals surface area contributed by atoms with Crippen LogP contribution in [0.2, 0.25) is 0 Å². The van der Waals surface area contributed by atoms with Gasteiger partial charge in [0.25, 0.3) is 0 Å². The molecule has 1 aliphatic heterocycles. The molecule has 0 aromatic heterocycles. The highest BCUT2D eigenvalue weighted by Gasteiger charge is 2.43. The molecule has 2 aliphatic rings. The molecular formula is C16H25NO. The van der Waals surface area contributed by atoms with Crippen LogP contribution >= 0.6 is 0 Å². The highest BCUT2D eigenvalue weighted by molar-refractivity contribution is 5.96. The summed E-state index contributed by atoms with van der Waals surface area (Å²) in [7, 11) is 0. The summed E-state index contributed by atoms with van der Waals surface area (Å²) < 4.78 is 0. The van der Waals surface area contributed by atoms with Crippen molar-refractivity contribution in [2.75, 3.05) is 0 Å². The van der Waals surface area contributed by atoms with Gasteiger partial charge in [-0.05, 0) is 37.3 Å². The molecular weight excluding hydrogens is 222 g/mol. The molecule has 0 radical (unpaired) electrons. The van der Waals surface area contributed by atoms with E-state index in [1.807, 2.05) is 12.3 Å². The van der Waals surface area contributed by atoms with Crippen molar-refractivity contribution in [3.63, 3.8) is 0 Å². The minimum absolute atomic E-state index is 0.354. The van der Waals surface area contributed by atoms with E-state index in [1.54, 1.807) is 0 Å². The van der Waals surface area contributed by atoms with Gasteiger partial charge in [0.2, 0.25) is 0 Å². The van der Waals surface area contributed by atoms with Crippen molar-refractivity contribution in [2.45, 2.75) is 70.3 Å². The average Bonchev–Trinajstić information content (AvgIpc) is 2.90. The summed E-state index contributed by atoms with van der Waals surface area (Å²) in [5.74, 6) is 0.809. The van der Waals surface area contributed by atoms with Crippen LogP contribution in [0.4, 0.5) is 0 Å². The van der Waals surface area contributed by atoms with Crippen molar-refractivity contribution >= 4 is 12.0 Å². The molecule has 1 atom stereocenters. The van der Waals surface area contributed by atoms with Gasteiger partial charge in [0.1, 0.15) is 5.54 Å². The Morgan fingerprint density at radius 1 is 1.28 bits per heavy atom. The Morgan fingerprint density at radius 3 is 2.67 bits per heavy atom. The van der Waals surface area contributed by atoms with E-state index >= 15 is 0 Å². The molecule has 0 N–H and O–H groups in total. The Morgan fingerprint density at radius 2 is 2.06 bits per heavy atom. The Hall–Kier alpha value is -0.920. The van der Waals surface area contributed by atoms with E-state index in [0.29, 0.717) is 18.1 Å². The summed E-state index contributed by atoms with van der Waals surface area (Å²) in [6.07, 6.45) is 16.1. The number of nitrogens with zero attached hydrogens (tertiary/aromatic N) is 1. The minimum atomic E-state index is -0.478. The SMILES string of the molecule is CCCCCC(=O)C1(C2CCCCC2)C=CC=N1. The second-order valence-corrected chi connectivity index (χ2v) is 5.68. The van der Waals surface area contributed by atoms with Crippen molar-refractivity contribution in [2.24, 2.45) is 10.9 Å². The predicted octanol–water partition coefficient (Wildman–Crippen LogP) is 4.10. The van der Waals surface area contributed by atoms with Crippen molar-refractivity contribution in [3.8, 4) is 0 Å². The van der Waals surface area contributed by atoms with Crippen molar-refractivity contribution in [3.05, 3.63) is 12.2 Å². The van der Waals surface area contributed by atoms with Gasteiger partial charge in [-0.1, -0.05) is 39.0 Å². The third-order valence-corrected chi connectivity index (χ3v) is 4.41. The lowest BCUT2D eigenvalue weighted by molar-refractivity contribution is -0.124. The Kier molecular flexibility index (Phi) is 4.73. The second kappa shape index (κ2) is 6.31. The van der Waals surface area contributed by atoms with E-state index in [9.17, 15) is 4.79 Å². The number of unbranched alkanes of at least 4 members (excludes halogenated alkanes) is 2. The van der Waals surface area contributed by atoms with E-state index in [-0.39, 0.29) is 0 Å². The summed E-state index contributed by atoms with van der Waals surface area (Å²) in [5.41, 5.74) is -0.478. The van der Waals surface area contributed by atoms with Crippen LogP contribution in [0.5, 0.6) is 0 Å². The smallest absolute Gasteiger partial charge is 0.164 e. The zero-order chi connectivity index (χ0) is 12.8. The molecule has 18 heavy (non-hydrogen) atoms. The monoisotopic (exact) mass is 247 g/mol. The third-order valence-electron chi connectivity index (χ3n) is 4.41. The van der Waals surface area contributed by atoms with E-state index in [2.05, 4.69) is 18.0 Å². The summed E-state index contributed by atoms with van der Waals surface area (Å²) in [5, 5.41) is 0. The van der Waals surface area contributed by atoms with Gasteiger partial charge in [-0.15, -0.1) is 0 Å². The number of hydrogen-bond donors (Lipinski definition) is 0. The lowest BCUT2D eigenvalue weighted by Crippen LogP contribution is -2.42. The maximum atomic E-state index is 12.6. The minimum Gasteiger partial charge on any atom is -0.297 e. The number of Topliss-reactive ketones (excluding diaryl/α,β-unsaturated/α-hetero) is 1. The Labute approximate surface area is 111 Å².